The van der Waals surface area contributed by atoms with Crippen molar-refractivity contribution in [2.45, 2.75) is 9.79 Å². The Bertz CT molecular complexity index is 909. The van der Waals surface area contributed by atoms with E-state index in [1.165, 1.54) is 24.3 Å². The van der Waals surface area contributed by atoms with Gasteiger partial charge in [-0.15, -0.1) is 0 Å². The number of rotatable bonds is 3. The van der Waals surface area contributed by atoms with Gasteiger partial charge in [0.15, 0.2) is 0 Å². The summed E-state index contributed by atoms with van der Waals surface area (Å²) in [7, 11) is -8.14. The summed E-state index contributed by atoms with van der Waals surface area (Å²) >= 11 is 0. The van der Waals surface area contributed by atoms with Crippen LogP contribution in [0.5, 0.6) is 0 Å². The molecule has 2 aromatic rings. The van der Waals surface area contributed by atoms with E-state index in [4.69, 9.17) is 10.3 Å². The van der Waals surface area contributed by atoms with Crippen LogP contribution in [-0.4, -0.2) is 16.8 Å². The highest BCUT2D eigenvalue weighted by molar-refractivity contribution is 7.89. The van der Waals surface area contributed by atoms with Gasteiger partial charge in [-0.05, 0) is 24.3 Å². The van der Waals surface area contributed by atoms with E-state index in [1.54, 1.807) is 0 Å². The topological polar surface area (TPSA) is 120 Å². The van der Waals surface area contributed by atoms with Gasteiger partial charge in [-0.2, -0.15) is 0 Å². The second-order valence-corrected chi connectivity index (χ2v) is 7.32. The van der Waals surface area contributed by atoms with Crippen molar-refractivity contribution in [3.05, 3.63) is 48.3 Å². The van der Waals surface area contributed by atoms with Crippen LogP contribution >= 0.6 is 0 Å². The Morgan fingerprint density at radius 2 is 1.43 bits per heavy atom. The Morgan fingerprint density at radius 1 is 0.810 bits per heavy atom. The van der Waals surface area contributed by atoms with Gasteiger partial charge in [0.25, 0.3) is 0 Å². The highest BCUT2D eigenvalue weighted by Crippen LogP contribution is 2.30. The monoisotopic (exact) mass is 330 g/mol. The van der Waals surface area contributed by atoms with Crippen molar-refractivity contribution < 1.29 is 21.2 Å². The minimum absolute atomic E-state index is 0.0389. The predicted molar refractivity (Wildman–Crippen MR) is 74.6 cm³/mol. The lowest BCUT2D eigenvalue weighted by Gasteiger charge is -2.10. The van der Waals surface area contributed by atoms with Crippen LogP contribution in [0.15, 0.2) is 52.3 Å². The Labute approximate surface area is 121 Å². The molecule has 0 amide bonds. The maximum absolute atomic E-state index is 13.9. The van der Waals surface area contributed by atoms with E-state index in [2.05, 4.69) is 0 Å². The van der Waals surface area contributed by atoms with Crippen LogP contribution in [0, 0.1) is 5.82 Å². The molecule has 6 nitrogen and oxygen atoms in total. The lowest BCUT2D eigenvalue weighted by molar-refractivity contribution is 0.596. The normalized spacial score (nSPS) is 12.3. The zero-order chi connectivity index (χ0) is 15.8. The Hall–Kier alpha value is -1.81. The maximum atomic E-state index is 13.9. The van der Waals surface area contributed by atoms with E-state index in [0.29, 0.717) is 0 Å². The smallest absolute Gasteiger partial charge is 0.225 e. The summed E-state index contributed by atoms with van der Waals surface area (Å²) in [5, 5.41) is 10.1. The zero-order valence-corrected chi connectivity index (χ0v) is 12.2. The minimum atomic E-state index is -4.09. The fraction of sp³-hybridized carbons (Fsp3) is 0. The van der Waals surface area contributed by atoms with Gasteiger partial charge in [0.1, 0.15) is 5.82 Å². The third-order valence-corrected chi connectivity index (χ3v) is 4.63. The molecule has 112 valence electrons. The molecule has 0 aromatic heterocycles. The second-order valence-electron chi connectivity index (χ2n) is 4.23. The molecule has 0 bridgehead atoms. The van der Waals surface area contributed by atoms with Crippen LogP contribution in [0.1, 0.15) is 0 Å². The molecule has 2 rings (SSSR count). The molecule has 0 aliphatic carbocycles. The zero-order valence-electron chi connectivity index (χ0n) is 10.5. The van der Waals surface area contributed by atoms with E-state index in [0.717, 1.165) is 18.2 Å². The lowest BCUT2D eigenvalue weighted by atomic mass is 10.1. The first-order chi connectivity index (χ1) is 9.60. The van der Waals surface area contributed by atoms with Gasteiger partial charge in [-0.1, -0.05) is 18.2 Å². The van der Waals surface area contributed by atoms with E-state index < -0.39 is 25.9 Å². The summed E-state index contributed by atoms with van der Waals surface area (Å²) < 4.78 is 59.6. The molecular formula is C12H11FN2O4S2. The number of halogens is 1. The maximum Gasteiger partial charge on any atom is 0.238 e. The Kier molecular flexibility index (Phi) is 3.85. The molecule has 0 radical (unpaired) electrons. The molecule has 0 unspecified atom stereocenters. The first-order valence-corrected chi connectivity index (χ1v) is 8.64. The second kappa shape index (κ2) is 5.19. The lowest BCUT2D eigenvalue weighted by Crippen LogP contribution is -2.14. The minimum Gasteiger partial charge on any atom is -0.225 e. The van der Waals surface area contributed by atoms with Gasteiger partial charge in [-0.3, -0.25) is 0 Å². The molecule has 4 N–H and O–H groups in total. The van der Waals surface area contributed by atoms with Gasteiger partial charge in [0.2, 0.25) is 20.0 Å². The molecule has 0 atom stereocenters. The average Bonchev–Trinajstić information content (AvgIpc) is 2.37. The molecule has 9 heteroatoms. The SMILES string of the molecule is NS(=O)(=O)c1ccc(F)c(-c2ccccc2S(N)(=O)=O)c1. The Morgan fingerprint density at radius 3 is 2.00 bits per heavy atom. The molecule has 0 heterocycles. The number of hydrogen-bond acceptors (Lipinski definition) is 4. The third kappa shape index (κ3) is 3.27. The van der Waals surface area contributed by atoms with Crippen molar-refractivity contribution in [1.29, 1.82) is 0 Å². The summed E-state index contributed by atoms with van der Waals surface area (Å²) in [6, 6.07) is 8.29. The van der Waals surface area contributed by atoms with Crippen LogP contribution in [-0.2, 0) is 20.0 Å². The largest absolute Gasteiger partial charge is 0.238 e. The highest BCUT2D eigenvalue weighted by Gasteiger charge is 2.19. The van der Waals surface area contributed by atoms with Crippen molar-refractivity contribution in [2.24, 2.45) is 10.3 Å². The molecule has 2 aromatic carbocycles. The summed E-state index contributed by atoms with van der Waals surface area (Å²) in [5.74, 6) is -0.793. The van der Waals surface area contributed by atoms with Crippen molar-refractivity contribution in [3.8, 4) is 11.1 Å². The van der Waals surface area contributed by atoms with E-state index in [-0.39, 0.29) is 20.9 Å². The molecule has 0 spiro atoms. The number of primary sulfonamides is 2. The predicted octanol–water partition coefficient (Wildman–Crippen LogP) is 0.788. The summed E-state index contributed by atoms with van der Waals surface area (Å²) in [5.41, 5.74) is -0.255. The van der Waals surface area contributed by atoms with Crippen LogP contribution in [0.2, 0.25) is 0 Å². The molecule has 0 saturated carbocycles. The Balaban J connectivity index is 2.80. The fourth-order valence-corrected chi connectivity index (χ4v) is 3.12. The van der Waals surface area contributed by atoms with Crippen LogP contribution < -0.4 is 10.3 Å². The number of benzene rings is 2. The van der Waals surface area contributed by atoms with Gasteiger partial charge >= 0.3 is 0 Å². The van der Waals surface area contributed by atoms with Crippen molar-refractivity contribution in [1.82, 2.24) is 0 Å². The molecule has 0 saturated heterocycles. The molecule has 0 aliphatic rings. The number of hydrogen-bond donors (Lipinski definition) is 2. The molecule has 0 fully saturated rings. The third-order valence-electron chi connectivity index (χ3n) is 2.75. The van der Waals surface area contributed by atoms with E-state index in [9.17, 15) is 21.2 Å². The van der Waals surface area contributed by atoms with Crippen LogP contribution in [0.4, 0.5) is 4.39 Å². The molecule has 0 aliphatic heterocycles. The van der Waals surface area contributed by atoms with Crippen LogP contribution in [0.25, 0.3) is 11.1 Å². The number of sulfonamides is 2. The van der Waals surface area contributed by atoms with Crippen LogP contribution in [0.3, 0.4) is 0 Å². The summed E-state index contributed by atoms with van der Waals surface area (Å²) in [4.78, 5) is -0.640. The average molecular weight is 330 g/mol. The van der Waals surface area contributed by atoms with Crippen molar-refractivity contribution in [2.75, 3.05) is 0 Å². The first-order valence-electron chi connectivity index (χ1n) is 5.55. The van der Waals surface area contributed by atoms with Crippen molar-refractivity contribution in [3.63, 3.8) is 0 Å². The quantitative estimate of drug-likeness (QED) is 0.864. The standard InChI is InChI=1S/C12H11FN2O4S2/c13-11-6-5-8(20(14,16)17)7-10(11)9-3-1-2-4-12(9)21(15,18)19/h1-7H,(H2,14,16,17)(H2,15,18,19). The van der Waals surface area contributed by atoms with Gasteiger partial charge in [-0.25, -0.2) is 31.5 Å². The van der Waals surface area contributed by atoms with Gasteiger partial charge in [0, 0.05) is 11.1 Å². The highest BCUT2D eigenvalue weighted by atomic mass is 32.2. The number of nitrogens with two attached hydrogens (primary N) is 2. The summed E-state index contributed by atoms with van der Waals surface area (Å²) in [6.07, 6.45) is 0. The fourth-order valence-electron chi connectivity index (χ4n) is 1.83. The van der Waals surface area contributed by atoms with E-state index >= 15 is 0 Å². The van der Waals surface area contributed by atoms with Gasteiger partial charge < -0.3 is 0 Å². The van der Waals surface area contributed by atoms with Crippen molar-refractivity contribution >= 4 is 20.0 Å². The molecular weight excluding hydrogens is 319 g/mol. The molecule has 21 heavy (non-hydrogen) atoms. The first kappa shape index (κ1) is 15.6. The van der Waals surface area contributed by atoms with E-state index in [1.807, 2.05) is 0 Å². The summed E-state index contributed by atoms with van der Waals surface area (Å²) in [6.45, 7) is 0. The van der Waals surface area contributed by atoms with Gasteiger partial charge in [0.05, 0.1) is 9.79 Å².